The zero-order chi connectivity index (χ0) is 11.4. The van der Waals surface area contributed by atoms with Gasteiger partial charge in [-0.2, -0.15) is 0 Å². The Balaban J connectivity index is 0.000000397. The maximum atomic E-state index is 8.33. The largest absolute Gasteiger partial charge is 1.00 e. The van der Waals surface area contributed by atoms with Gasteiger partial charge in [0.15, 0.2) is 11.0 Å². The fraction of sp³-hybridized carbons (Fsp3) is 0.200. The molecule has 0 spiro atoms. The quantitative estimate of drug-likeness (QED) is 0.503. The standard InChI is InChI=1S/C9H11N2.CH2O3/c1-10-7-11(2)9-6-4-3-5-8(9)10;2-1(3)4/h3-7H,1-2H3;(H2,2,3,4)/q+1;/p-1. The average molecular weight is 208 g/mol. The molecule has 2 rings (SSSR count). The molecule has 0 unspecified atom stereocenters. The topological polar surface area (TPSA) is 72.0 Å². The number of imidazole rings is 1. The van der Waals surface area contributed by atoms with Crippen LogP contribution in [0.25, 0.3) is 11.0 Å². The van der Waals surface area contributed by atoms with Crippen LogP contribution < -0.4 is 14.8 Å². The number of carbonyl (C=O) groups is 1. The molecular weight excluding hydrogens is 196 g/mol. The minimum Gasteiger partial charge on any atom is -0.652 e. The summed E-state index contributed by atoms with van der Waals surface area (Å²) in [6.07, 6.45) is -0.259. The van der Waals surface area contributed by atoms with Crippen molar-refractivity contribution in [1.82, 2.24) is 4.57 Å². The van der Waals surface area contributed by atoms with E-state index in [4.69, 9.17) is 15.0 Å². The highest BCUT2D eigenvalue weighted by atomic mass is 16.6. The molecule has 5 nitrogen and oxygen atoms in total. The van der Waals surface area contributed by atoms with E-state index >= 15 is 0 Å². The number of hydrogen-bond acceptors (Lipinski definition) is 3. The summed E-state index contributed by atoms with van der Waals surface area (Å²) in [5.41, 5.74) is 2.55. The summed E-state index contributed by atoms with van der Waals surface area (Å²) in [6, 6.07) is 8.36. The van der Waals surface area contributed by atoms with E-state index in [2.05, 4.69) is 53.8 Å². The predicted molar refractivity (Wildman–Crippen MR) is 50.6 cm³/mol. The van der Waals surface area contributed by atoms with E-state index in [1.807, 2.05) is 0 Å². The molecule has 80 valence electrons. The fourth-order valence-corrected chi connectivity index (χ4v) is 1.44. The lowest BCUT2D eigenvalue weighted by atomic mass is 10.3. The normalized spacial score (nSPS) is 9.47. The van der Waals surface area contributed by atoms with E-state index in [0.29, 0.717) is 0 Å². The van der Waals surface area contributed by atoms with Gasteiger partial charge in [-0.3, -0.25) is 0 Å². The summed E-state index contributed by atoms with van der Waals surface area (Å²) in [5.74, 6) is 0. The molecule has 0 radical (unpaired) electrons. The molecule has 2 aromatic rings. The van der Waals surface area contributed by atoms with Crippen molar-refractivity contribution in [2.45, 2.75) is 0 Å². The third kappa shape index (κ3) is 2.70. The van der Waals surface area contributed by atoms with Gasteiger partial charge in [-0.05, 0) is 18.3 Å². The van der Waals surface area contributed by atoms with E-state index in [1.54, 1.807) is 0 Å². The summed E-state index contributed by atoms with van der Waals surface area (Å²) in [4.78, 5) is 8.33. The van der Waals surface area contributed by atoms with Crippen LogP contribution in [0.2, 0.25) is 0 Å². The van der Waals surface area contributed by atoms with Crippen molar-refractivity contribution in [3.8, 4) is 0 Å². The van der Waals surface area contributed by atoms with Crippen LogP contribution in [0.3, 0.4) is 0 Å². The lowest BCUT2D eigenvalue weighted by Crippen LogP contribution is -2.37. The van der Waals surface area contributed by atoms with Gasteiger partial charge < -0.3 is 15.0 Å². The molecule has 1 aromatic heterocycles. The number of aryl methyl sites for hydroxylation is 2. The highest BCUT2D eigenvalue weighted by molar-refractivity contribution is 5.71. The molecule has 15 heavy (non-hydrogen) atoms. The van der Waals surface area contributed by atoms with Crippen molar-refractivity contribution in [3.63, 3.8) is 0 Å². The van der Waals surface area contributed by atoms with Gasteiger partial charge in [0.05, 0.1) is 14.1 Å². The second kappa shape index (κ2) is 4.45. The van der Waals surface area contributed by atoms with Gasteiger partial charge in [0.2, 0.25) is 6.33 Å². The molecule has 0 aliphatic rings. The highest BCUT2D eigenvalue weighted by Crippen LogP contribution is 2.07. The van der Waals surface area contributed by atoms with E-state index in [1.165, 1.54) is 11.0 Å². The molecule has 0 N–H and O–H groups in total. The van der Waals surface area contributed by atoms with Crippen molar-refractivity contribution in [2.75, 3.05) is 0 Å². The average Bonchev–Trinajstić information content (AvgIpc) is 2.43. The van der Waals surface area contributed by atoms with Gasteiger partial charge in [-0.15, -0.1) is 0 Å². The first kappa shape index (κ1) is 11.0. The zero-order valence-electron chi connectivity index (χ0n) is 9.51. The fourth-order valence-electron chi connectivity index (χ4n) is 1.44. The summed E-state index contributed by atoms with van der Waals surface area (Å²) in [5, 5.41) is 16.7. The van der Waals surface area contributed by atoms with Gasteiger partial charge in [-0.25, -0.2) is 9.13 Å². The Morgan fingerprint density at radius 3 is 2.47 bits per heavy atom. The predicted octanol–water partition coefficient (Wildman–Crippen LogP) is -1.33. The number of rotatable bonds is 0. The Kier molecular flexibility index (Phi) is 3.28. The molecule has 0 aliphatic carbocycles. The Labute approximate surface area is 88.3 Å². The summed E-state index contributed by atoms with van der Waals surface area (Å²) in [7, 11) is 4.12. The second-order valence-electron chi connectivity index (χ2n) is 3.08. The maximum absolute atomic E-state index is 8.33. The molecule has 5 heteroatoms. The third-order valence-electron chi connectivity index (χ3n) is 1.99. The molecule has 0 saturated heterocycles. The zero-order valence-corrected chi connectivity index (χ0v) is 8.51. The van der Waals surface area contributed by atoms with Crippen LogP contribution in [0.1, 0.15) is 1.43 Å². The van der Waals surface area contributed by atoms with Crippen molar-refractivity contribution in [1.29, 1.82) is 0 Å². The van der Waals surface area contributed by atoms with E-state index in [-0.39, 0.29) is 1.43 Å². The lowest BCUT2D eigenvalue weighted by molar-refractivity contribution is -0.645. The Bertz CT molecular complexity index is 442. The van der Waals surface area contributed by atoms with Crippen LogP contribution in [0, 0.1) is 0 Å². The van der Waals surface area contributed by atoms with Crippen LogP contribution >= 0.6 is 0 Å². The molecular formula is C10H12N2O3. The molecule has 0 saturated carbocycles. The number of para-hydroxylation sites is 2. The van der Waals surface area contributed by atoms with Gasteiger partial charge in [0.1, 0.15) is 0 Å². The van der Waals surface area contributed by atoms with Crippen molar-refractivity contribution >= 4 is 17.2 Å². The van der Waals surface area contributed by atoms with Gasteiger partial charge in [0, 0.05) is 0 Å². The minimum atomic E-state index is -2.33. The Morgan fingerprint density at radius 1 is 1.40 bits per heavy atom. The first-order valence-electron chi connectivity index (χ1n) is 4.30. The molecule has 1 aromatic carbocycles. The first-order valence-corrected chi connectivity index (χ1v) is 4.30. The Hall–Kier alpha value is -2.04. The summed E-state index contributed by atoms with van der Waals surface area (Å²) >= 11 is 0. The van der Waals surface area contributed by atoms with E-state index < -0.39 is 6.16 Å². The smallest absolute Gasteiger partial charge is 0.652 e. The number of aromatic nitrogens is 2. The number of carboxylic acid groups (broad SMARTS) is 2. The lowest BCUT2D eigenvalue weighted by Gasteiger charge is -1.96. The van der Waals surface area contributed by atoms with Crippen LogP contribution in [-0.4, -0.2) is 10.7 Å². The first-order chi connectivity index (χ1) is 7.02. The highest BCUT2D eigenvalue weighted by Gasteiger charge is 2.06. The number of nitrogens with zero attached hydrogens (tertiary/aromatic N) is 2. The van der Waals surface area contributed by atoms with Crippen LogP contribution in [-0.2, 0) is 14.1 Å². The Morgan fingerprint density at radius 2 is 1.93 bits per heavy atom. The molecule has 0 bridgehead atoms. The van der Waals surface area contributed by atoms with Crippen molar-refractivity contribution in [2.24, 2.45) is 14.1 Å². The second-order valence-corrected chi connectivity index (χ2v) is 3.08. The molecule has 1 heterocycles. The number of carbonyl (C=O) groups excluding carboxylic acids is 1. The third-order valence-corrected chi connectivity index (χ3v) is 1.99. The van der Waals surface area contributed by atoms with Crippen molar-refractivity contribution < 1.29 is 21.0 Å². The molecule has 0 amide bonds. The van der Waals surface area contributed by atoms with Gasteiger partial charge in [-0.1, -0.05) is 12.1 Å². The number of benzene rings is 1. The monoisotopic (exact) mass is 208 g/mol. The van der Waals surface area contributed by atoms with Crippen molar-refractivity contribution in [3.05, 3.63) is 30.6 Å². The number of fused-ring (bicyclic) bond motifs is 1. The van der Waals surface area contributed by atoms with E-state index in [0.717, 1.165) is 0 Å². The maximum Gasteiger partial charge on any atom is 1.00 e. The van der Waals surface area contributed by atoms with E-state index in [9.17, 15) is 0 Å². The SMILES string of the molecule is Cn1c[n+](C)c2ccccc21.O=C([O-])[O-].[H+]. The van der Waals surface area contributed by atoms with Crippen LogP contribution in [0.4, 0.5) is 4.79 Å². The van der Waals surface area contributed by atoms with Gasteiger partial charge in [0.25, 0.3) is 0 Å². The number of hydrogen-bond donors (Lipinski definition) is 0. The molecule has 0 fully saturated rings. The summed E-state index contributed by atoms with van der Waals surface area (Å²) in [6.45, 7) is 0. The molecule has 0 atom stereocenters. The summed E-state index contributed by atoms with van der Waals surface area (Å²) < 4.78 is 4.24. The minimum absolute atomic E-state index is 0. The molecule has 0 aliphatic heterocycles. The van der Waals surface area contributed by atoms with Gasteiger partial charge >= 0.3 is 1.43 Å². The van der Waals surface area contributed by atoms with Crippen LogP contribution in [0.15, 0.2) is 30.6 Å². The van der Waals surface area contributed by atoms with Crippen LogP contribution in [0.5, 0.6) is 0 Å².